The molecule has 1 unspecified atom stereocenters. The van der Waals surface area contributed by atoms with Crippen molar-refractivity contribution in [3.63, 3.8) is 0 Å². The van der Waals surface area contributed by atoms with Crippen LogP contribution in [0.1, 0.15) is 11.0 Å². The fraction of sp³-hybridized carbons (Fsp3) is 0.333. The molecule has 1 aromatic rings. The fourth-order valence-electron chi connectivity index (χ4n) is 0.734. The summed E-state index contributed by atoms with van der Waals surface area (Å²) < 4.78 is 6.88. The van der Waals surface area contributed by atoms with Gasteiger partial charge in [0.2, 0.25) is 0 Å². The molecule has 1 saturated heterocycles. The van der Waals surface area contributed by atoms with Gasteiger partial charge in [0.05, 0.1) is 6.61 Å². The summed E-state index contributed by atoms with van der Waals surface area (Å²) in [4.78, 5) is 1.22. The fourth-order valence-corrected chi connectivity index (χ4v) is 2.50. The highest BCUT2D eigenvalue weighted by Gasteiger charge is 2.27. The third kappa shape index (κ3) is 1.23. The van der Waals surface area contributed by atoms with Gasteiger partial charge in [0, 0.05) is 9.35 Å². The quantitative estimate of drug-likeness (QED) is 0.686. The van der Waals surface area contributed by atoms with Crippen molar-refractivity contribution in [1.29, 1.82) is 0 Å². The van der Waals surface area contributed by atoms with Crippen LogP contribution in [0.5, 0.6) is 0 Å². The van der Waals surface area contributed by atoms with E-state index in [1.807, 2.05) is 6.07 Å². The molecule has 2 heterocycles. The van der Waals surface area contributed by atoms with Crippen molar-refractivity contribution in [2.45, 2.75) is 6.10 Å². The van der Waals surface area contributed by atoms with E-state index in [2.05, 4.69) is 15.9 Å². The molecule has 0 radical (unpaired) electrons. The molecular formula is C6H4BrClOS. The molecule has 1 atom stereocenters. The Morgan fingerprint density at radius 2 is 2.50 bits per heavy atom. The maximum Gasteiger partial charge on any atom is 0.115 e. The van der Waals surface area contributed by atoms with Gasteiger partial charge in [0.15, 0.2) is 0 Å². The average molecular weight is 240 g/mol. The number of thiophene rings is 1. The maximum atomic E-state index is 5.82. The van der Waals surface area contributed by atoms with E-state index in [1.165, 1.54) is 4.88 Å². The molecule has 4 heteroatoms. The molecule has 1 nitrogen and oxygen atoms in total. The Kier molecular flexibility index (Phi) is 1.76. The molecule has 0 saturated carbocycles. The Morgan fingerprint density at radius 3 is 2.90 bits per heavy atom. The van der Waals surface area contributed by atoms with Crippen molar-refractivity contribution in [1.82, 2.24) is 0 Å². The zero-order valence-electron chi connectivity index (χ0n) is 4.93. The Labute approximate surface area is 76.1 Å². The highest BCUT2D eigenvalue weighted by Crippen LogP contribution is 2.40. The van der Waals surface area contributed by atoms with E-state index in [-0.39, 0.29) is 0 Å². The van der Waals surface area contributed by atoms with Gasteiger partial charge in [-0.05, 0) is 22.0 Å². The lowest BCUT2D eigenvalue weighted by molar-refractivity contribution is 0.418. The third-order valence-electron chi connectivity index (χ3n) is 1.31. The van der Waals surface area contributed by atoms with Crippen LogP contribution < -0.4 is 0 Å². The van der Waals surface area contributed by atoms with Gasteiger partial charge < -0.3 is 4.74 Å². The van der Waals surface area contributed by atoms with Crippen LogP contribution in [0.4, 0.5) is 0 Å². The standard InChI is InChI=1S/C6H4BrClOS/c7-3-1-5(4-2-9-4)10-6(3)8/h1,4H,2H2. The second-order valence-corrected chi connectivity index (χ2v) is 4.63. The van der Waals surface area contributed by atoms with E-state index >= 15 is 0 Å². The summed E-state index contributed by atoms with van der Waals surface area (Å²) in [7, 11) is 0. The van der Waals surface area contributed by atoms with Gasteiger partial charge in [-0.15, -0.1) is 11.3 Å². The van der Waals surface area contributed by atoms with E-state index in [4.69, 9.17) is 16.3 Å². The van der Waals surface area contributed by atoms with Crippen molar-refractivity contribution in [3.05, 3.63) is 19.8 Å². The molecule has 0 N–H and O–H groups in total. The zero-order chi connectivity index (χ0) is 7.14. The number of epoxide rings is 1. The first-order chi connectivity index (χ1) is 4.77. The Hall–Kier alpha value is 0.430. The predicted molar refractivity (Wildman–Crippen MR) is 45.7 cm³/mol. The minimum Gasteiger partial charge on any atom is -0.367 e. The molecule has 1 aromatic heterocycles. The van der Waals surface area contributed by atoms with E-state index in [0.29, 0.717) is 6.10 Å². The van der Waals surface area contributed by atoms with Gasteiger partial charge in [-0.3, -0.25) is 0 Å². The second kappa shape index (κ2) is 2.48. The van der Waals surface area contributed by atoms with Crippen molar-refractivity contribution in [2.75, 3.05) is 6.61 Å². The Bertz CT molecular complexity index is 237. The van der Waals surface area contributed by atoms with Crippen LogP contribution in [-0.2, 0) is 4.74 Å². The summed E-state index contributed by atoms with van der Waals surface area (Å²) in [5.74, 6) is 0. The monoisotopic (exact) mass is 238 g/mol. The first kappa shape index (κ1) is 7.10. The van der Waals surface area contributed by atoms with Crippen LogP contribution in [0.3, 0.4) is 0 Å². The first-order valence-electron chi connectivity index (χ1n) is 2.83. The van der Waals surface area contributed by atoms with Gasteiger partial charge in [0.25, 0.3) is 0 Å². The Balaban J connectivity index is 2.34. The van der Waals surface area contributed by atoms with E-state index < -0.39 is 0 Å². The van der Waals surface area contributed by atoms with Crippen LogP contribution in [-0.4, -0.2) is 6.61 Å². The highest BCUT2D eigenvalue weighted by molar-refractivity contribution is 9.10. The molecule has 10 heavy (non-hydrogen) atoms. The topological polar surface area (TPSA) is 12.5 Å². The van der Waals surface area contributed by atoms with Gasteiger partial charge in [-0.25, -0.2) is 0 Å². The normalized spacial score (nSPS) is 23.2. The van der Waals surface area contributed by atoms with Crippen LogP contribution in [0.2, 0.25) is 4.34 Å². The highest BCUT2D eigenvalue weighted by atomic mass is 79.9. The van der Waals surface area contributed by atoms with Gasteiger partial charge in [-0.2, -0.15) is 0 Å². The van der Waals surface area contributed by atoms with Crippen LogP contribution in [0, 0.1) is 0 Å². The molecule has 1 aliphatic rings. The van der Waals surface area contributed by atoms with Crippen molar-refractivity contribution >= 4 is 38.9 Å². The lowest BCUT2D eigenvalue weighted by atomic mass is 10.4. The number of hydrogen-bond acceptors (Lipinski definition) is 2. The third-order valence-corrected chi connectivity index (χ3v) is 3.88. The summed E-state index contributed by atoms with van der Waals surface area (Å²) in [6, 6.07) is 2.02. The summed E-state index contributed by atoms with van der Waals surface area (Å²) in [6.07, 6.45) is 0.328. The molecule has 54 valence electrons. The summed E-state index contributed by atoms with van der Waals surface area (Å²) >= 11 is 10.7. The van der Waals surface area contributed by atoms with Gasteiger partial charge >= 0.3 is 0 Å². The van der Waals surface area contributed by atoms with Gasteiger partial charge in [0.1, 0.15) is 10.4 Å². The molecule has 0 bridgehead atoms. The average Bonchev–Trinajstić information content (AvgIpc) is 2.64. The molecule has 1 aliphatic heterocycles. The molecule has 0 spiro atoms. The molecular weight excluding hydrogens is 235 g/mol. The minimum atomic E-state index is 0.328. The van der Waals surface area contributed by atoms with E-state index in [9.17, 15) is 0 Å². The van der Waals surface area contributed by atoms with Crippen molar-refractivity contribution < 1.29 is 4.74 Å². The molecule has 0 aromatic carbocycles. The predicted octanol–water partition coefficient (Wildman–Crippen LogP) is 3.24. The number of halogens is 2. The maximum absolute atomic E-state index is 5.82. The van der Waals surface area contributed by atoms with Gasteiger partial charge in [-0.1, -0.05) is 11.6 Å². The zero-order valence-corrected chi connectivity index (χ0v) is 8.09. The van der Waals surface area contributed by atoms with Crippen LogP contribution in [0.25, 0.3) is 0 Å². The minimum absolute atomic E-state index is 0.328. The SMILES string of the molecule is Clc1sc(C2CO2)cc1Br. The smallest absolute Gasteiger partial charge is 0.115 e. The van der Waals surface area contributed by atoms with Crippen molar-refractivity contribution in [3.8, 4) is 0 Å². The summed E-state index contributed by atoms with van der Waals surface area (Å²) in [5, 5.41) is 0. The van der Waals surface area contributed by atoms with E-state index in [1.54, 1.807) is 11.3 Å². The Morgan fingerprint density at radius 1 is 1.80 bits per heavy atom. The largest absolute Gasteiger partial charge is 0.367 e. The molecule has 2 rings (SSSR count). The number of ether oxygens (including phenoxy) is 1. The second-order valence-electron chi connectivity index (χ2n) is 2.09. The lowest BCUT2D eigenvalue weighted by Crippen LogP contribution is -1.66. The van der Waals surface area contributed by atoms with Crippen molar-refractivity contribution in [2.24, 2.45) is 0 Å². The summed E-state index contributed by atoms with van der Waals surface area (Å²) in [6.45, 7) is 0.850. The molecule has 0 amide bonds. The number of rotatable bonds is 1. The van der Waals surface area contributed by atoms with E-state index in [0.717, 1.165) is 15.4 Å². The molecule has 1 fully saturated rings. The van der Waals surface area contributed by atoms with Crippen LogP contribution in [0.15, 0.2) is 10.5 Å². The first-order valence-corrected chi connectivity index (χ1v) is 4.82. The molecule has 0 aliphatic carbocycles. The summed E-state index contributed by atoms with van der Waals surface area (Å²) in [5.41, 5.74) is 0. The number of hydrogen-bond donors (Lipinski definition) is 0. The lowest BCUT2D eigenvalue weighted by Gasteiger charge is -1.79. The van der Waals surface area contributed by atoms with Crippen LogP contribution >= 0.6 is 38.9 Å².